The van der Waals surface area contributed by atoms with Gasteiger partial charge in [0.05, 0.1) is 20.3 Å². The smallest absolute Gasteiger partial charge is 0.416 e. The number of piperidine rings is 1. The van der Waals surface area contributed by atoms with Crippen LogP contribution < -0.4 is 19.7 Å². The van der Waals surface area contributed by atoms with Crippen LogP contribution in [-0.4, -0.2) is 60.4 Å². The van der Waals surface area contributed by atoms with E-state index in [4.69, 9.17) is 14.2 Å². The third kappa shape index (κ3) is 9.54. The van der Waals surface area contributed by atoms with Crippen molar-refractivity contribution in [1.82, 2.24) is 14.9 Å². The Morgan fingerprint density at radius 2 is 1.82 bits per heavy atom. The number of amides is 1. The van der Waals surface area contributed by atoms with E-state index in [1.807, 2.05) is 52.0 Å². The maximum atomic E-state index is 14.9. The molecular formula is C34H46FN5O4. The van der Waals surface area contributed by atoms with Gasteiger partial charge < -0.3 is 24.4 Å². The Labute approximate surface area is 260 Å². The van der Waals surface area contributed by atoms with Gasteiger partial charge >= 0.3 is 6.09 Å². The lowest BCUT2D eigenvalue weighted by Crippen LogP contribution is -2.38. The molecule has 1 aliphatic heterocycles. The van der Waals surface area contributed by atoms with Crippen LogP contribution >= 0.6 is 0 Å². The lowest BCUT2D eigenvalue weighted by molar-refractivity contribution is 0.0466. The average molecular weight is 608 g/mol. The molecular weight excluding hydrogens is 561 g/mol. The Morgan fingerprint density at radius 1 is 1.05 bits per heavy atom. The number of nitrogens with zero attached hydrogens (tertiary/aromatic N) is 4. The van der Waals surface area contributed by atoms with Crippen LogP contribution in [0.3, 0.4) is 0 Å². The van der Waals surface area contributed by atoms with Crippen molar-refractivity contribution in [2.24, 2.45) is 11.8 Å². The lowest BCUT2D eigenvalue weighted by atomic mass is 9.96. The number of methoxy groups -OCH3 is 1. The van der Waals surface area contributed by atoms with Crippen LogP contribution in [0.2, 0.25) is 0 Å². The topological polar surface area (TPSA) is 89.0 Å². The minimum absolute atomic E-state index is 0.136. The summed E-state index contributed by atoms with van der Waals surface area (Å²) in [4.78, 5) is 26.4. The number of ether oxygens (including phenoxy) is 3. The number of rotatable bonds is 14. The van der Waals surface area contributed by atoms with Gasteiger partial charge in [0, 0.05) is 24.5 Å². The number of likely N-dealkylation sites (tertiary alicyclic amines) is 1. The molecule has 44 heavy (non-hydrogen) atoms. The van der Waals surface area contributed by atoms with E-state index >= 15 is 0 Å². The number of hydrogen-bond acceptors (Lipinski definition) is 8. The summed E-state index contributed by atoms with van der Waals surface area (Å²) >= 11 is 0. The van der Waals surface area contributed by atoms with Crippen molar-refractivity contribution in [3.8, 4) is 11.5 Å². The normalized spacial score (nSPS) is 13.8. The molecule has 4 rings (SSSR count). The molecule has 1 N–H and O–H groups in total. The molecule has 1 amide bonds. The fourth-order valence-corrected chi connectivity index (χ4v) is 5.45. The minimum atomic E-state index is -0.516. The van der Waals surface area contributed by atoms with E-state index < -0.39 is 11.9 Å². The summed E-state index contributed by atoms with van der Waals surface area (Å²) in [5.41, 5.74) is 1.30. The van der Waals surface area contributed by atoms with E-state index in [2.05, 4.69) is 20.2 Å². The van der Waals surface area contributed by atoms with Crippen LogP contribution in [0.5, 0.6) is 11.5 Å². The molecule has 3 aromatic rings. The number of carbonyl (C=O) groups is 1. The largest absolute Gasteiger partial charge is 0.497 e. The van der Waals surface area contributed by atoms with E-state index in [0.29, 0.717) is 23.9 Å². The predicted molar refractivity (Wildman–Crippen MR) is 171 cm³/mol. The van der Waals surface area contributed by atoms with Crippen molar-refractivity contribution >= 4 is 23.5 Å². The Balaban J connectivity index is 1.46. The van der Waals surface area contributed by atoms with Crippen molar-refractivity contribution < 1.29 is 23.4 Å². The van der Waals surface area contributed by atoms with Crippen LogP contribution in [-0.2, 0) is 11.3 Å². The molecule has 0 atom stereocenters. The van der Waals surface area contributed by atoms with Crippen LogP contribution in [0.1, 0.15) is 58.9 Å². The highest BCUT2D eigenvalue weighted by Crippen LogP contribution is 2.26. The second-order valence-corrected chi connectivity index (χ2v) is 11.9. The minimum Gasteiger partial charge on any atom is -0.497 e. The molecule has 0 unspecified atom stereocenters. The van der Waals surface area contributed by atoms with Crippen LogP contribution in [0, 0.1) is 17.7 Å². The van der Waals surface area contributed by atoms with Gasteiger partial charge in [0.2, 0.25) is 5.95 Å². The summed E-state index contributed by atoms with van der Waals surface area (Å²) in [5, 5.41) is 3.05. The highest BCUT2D eigenvalue weighted by Gasteiger charge is 2.27. The molecule has 1 aromatic heterocycles. The van der Waals surface area contributed by atoms with Gasteiger partial charge in [0.1, 0.15) is 17.7 Å². The molecule has 9 nitrogen and oxygen atoms in total. The molecule has 2 aromatic carbocycles. The van der Waals surface area contributed by atoms with Gasteiger partial charge in [-0.25, -0.2) is 14.2 Å². The van der Waals surface area contributed by atoms with Crippen LogP contribution in [0.25, 0.3) is 0 Å². The van der Waals surface area contributed by atoms with Crippen molar-refractivity contribution in [1.29, 1.82) is 0 Å². The van der Waals surface area contributed by atoms with Crippen molar-refractivity contribution in [2.45, 2.75) is 66.0 Å². The Bertz CT molecular complexity index is 1340. The zero-order chi connectivity index (χ0) is 31.5. The maximum absolute atomic E-state index is 14.9. The third-order valence-electron chi connectivity index (χ3n) is 7.68. The first-order valence-electron chi connectivity index (χ1n) is 15.6. The third-order valence-corrected chi connectivity index (χ3v) is 7.68. The SMILES string of the molecule is COc1cccc(CN(C(=O)OC(C(C)C)C(C)C)c2ccnc(Nc3ccc(OCCCN4CCCCC4)c(F)c3)n2)c1. The number of nitrogens with one attached hydrogen (secondary N) is 1. The molecule has 1 fully saturated rings. The molecule has 0 radical (unpaired) electrons. The van der Waals surface area contributed by atoms with Crippen molar-refractivity contribution in [2.75, 3.05) is 43.6 Å². The van der Waals surface area contributed by atoms with Crippen LogP contribution in [0.4, 0.5) is 26.6 Å². The summed E-state index contributed by atoms with van der Waals surface area (Å²) in [6.45, 7) is 12.0. The van der Waals surface area contributed by atoms with Gasteiger partial charge in [0.15, 0.2) is 11.6 Å². The van der Waals surface area contributed by atoms with E-state index in [0.717, 1.165) is 31.6 Å². The zero-order valence-corrected chi connectivity index (χ0v) is 26.6. The second-order valence-electron chi connectivity index (χ2n) is 11.9. The number of anilines is 3. The summed E-state index contributed by atoms with van der Waals surface area (Å²) < 4.78 is 32.0. The quantitative estimate of drug-likeness (QED) is 0.189. The number of hydrogen-bond donors (Lipinski definition) is 1. The summed E-state index contributed by atoms with van der Waals surface area (Å²) in [6, 6.07) is 13.8. The van der Waals surface area contributed by atoms with Gasteiger partial charge in [-0.1, -0.05) is 46.2 Å². The summed E-state index contributed by atoms with van der Waals surface area (Å²) in [6.07, 6.45) is 5.41. The zero-order valence-electron chi connectivity index (χ0n) is 26.6. The molecule has 0 saturated carbocycles. The van der Waals surface area contributed by atoms with E-state index in [-0.39, 0.29) is 36.2 Å². The predicted octanol–water partition coefficient (Wildman–Crippen LogP) is 7.45. The average Bonchev–Trinajstić information content (AvgIpc) is 3.02. The highest BCUT2D eigenvalue weighted by molar-refractivity contribution is 5.86. The van der Waals surface area contributed by atoms with Crippen LogP contribution in [0.15, 0.2) is 54.7 Å². The molecule has 2 heterocycles. The highest BCUT2D eigenvalue weighted by atomic mass is 19.1. The Hall–Kier alpha value is -3.92. The molecule has 0 bridgehead atoms. The summed E-state index contributed by atoms with van der Waals surface area (Å²) in [7, 11) is 1.60. The van der Waals surface area contributed by atoms with Gasteiger partial charge in [-0.3, -0.25) is 4.90 Å². The fourth-order valence-electron chi connectivity index (χ4n) is 5.45. The molecule has 10 heteroatoms. The molecule has 1 saturated heterocycles. The Kier molecular flexibility index (Phi) is 12.2. The first-order valence-corrected chi connectivity index (χ1v) is 15.6. The van der Waals surface area contributed by atoms with E-state index in [1.54, 1.807) is 31.5 Å². The number of halogens is 1. The number of aromatic nitrogens is 2. The number of benzene rings is 2. The lowest BCUT2D eigenvalue weighted by Gasteiger charge is -2.29. The maximum Gasteiger partial charge on any atom is 0.416 e. The molecule has 1 aliphatic rings. The van der Waals surface area contributed by atoms with E-state index in [9.17, 15) is 9.18 Å². The van der Waals surface area contributed by atoms with Crippen molar-refractivity contribution in [3.63, 3.8) is 0 Å². The second kappa shape index (κ2) is 16.2. The summed E-state index contributed by atoms with van der Waals surface area (Å²) in [5.74, 6) is 1.25. The van der Waals surface area contributed by atoms with Gasteiger partial charge in [-0.2, -0.15) is 4.98 Å². The fraction of sp³-hybridized carbons (Fsp3) is 0.500. The number of carbonyl (C=O) groups excluding carboxylic acids is 1. The van der Waals surface area contributed by atoms with Gasteiger partial charge in [-0.15, -0.1) is 0 Å². The molecule has 0 aliphatic carbocycles. The van der Waals surface area contributed by atoms with Gasteiger partial charge in [0.25, 0.3) is 0 Å². The Morgan fingerprint density at radius 3 is 2.52 bits per heavy atom. The molecule has 0 spiro atoms. The van der Waals surface area contributed by atoms with E-state index in [1.165, 1.54) is 30.2 Å². The molecule has 238 valence electrons. The monoisotopic (exact) mass is 607 g/mol. The first kappa shape index (κ1) is 33.0. The van der Waals surface area contributed by atoms with Gasteiger partial charge in [-0.05, 0) is 80.1 Å². The first-order chi connectivity index (χ1) is 21.2. The van der Waals surface area contributed by atoms with Crippen molar-refractivity contribution in [3.05, 3.63) is 66.1 Å². The standard InChI is InChI=1S/C34H46FN5O4/c1-24(2)32(25(3)4)44-34(41)40(23-26-11-9-12-28(21-26)42-5)31-15-16-36-33(38-31)37-27-13-14-30(29(35)22-27)43-20-10-19-39-17-7-6-8-18-39/h9,11-16,21-22,24-25,32H,6-8,10,17-20,23H2,1-5H3,(H,36,37,38).